The van der Waals surface area contributed by atoms with Crippen LogP contribution >= 0.6 is 11.6 Å². The van der Waals surface area contributed by atoms with E-state index >= 15 is 0 Å². The molecule has 142 valence electrons. The molecule has 2 saturated heterocycles. The zero-order valence-electron chi connectivity index (χ0n) is 14.2. The van der Waals surface area contributed by atoms with Crippen molar-refractivity contribution in [3.05, 3.63) is 23.0 Å². The lowest BCUT2D eigenvalue weighted by molar-refractivity contribution is -0.143. The number of nitrogens with zero attached hydrogens (tertiary/aromatic N) is 2. The third-order valence-corrected chi connectivity index (χ3v) is 5.06. The number of ether oxygens (including phenoxy) is 1. The van der Waals surface area contributed by atoms with Crippen molar-refractivity contribution in [3.63, 3.8) is 0 Å². The number of likely N-dealkylation sites (tertiary alicyclic amines) is 1. The van der Waals surface area contributed by atoms with Gasteiger partial charge in [0.25, 0.3) is 0 Å². The molecule has 2 aliphatic rings. The van der Waals surface area contributed by atoms with Crippen LogP contribution in [0.4, 0.5) is 20.6 Å². The Kier molecular flexibility index (Phi) is 5.83. The summed E-state index contributed by atoms with van der Waals surface area (Å²) in [5.74, 6) is -1.83. The molecule has 2 amide bonds. The third-order valence-electron chi connectivity index (χ3n) is 4.77. The van der Waals surface area contributed by atoms with E-state index < -0.39 is 17.7 Å². The molecule has 0 aliphatic carbocycles. The lowest BCUT2D eigenvalue weighted by Gasteiger charge is -2.33. The number of nitrogens with one attached hydrogen (secondary N) is 1. The number of hydrogen-bond donors (Lipinski definition) is 2. The van der Waals surface area contributed by atoms with Crippen molar-refractivity contribution in [2.75, 3.05) is 49.6 Å². The Morgan fingerprint density at radius 2 is 1.85 bits per heavy atom. The Morgan fingerprint density at radius 1 is 1.19 bits per heavy atom. The maximum absolute atomic E-state index is 14.6. The molecule has 0 unspecified atom stereocenters. The van der Waals surface area contributed by atoms with Gasteiger partial charge in [-0.15, -0.1) is 0 Å². The fourth-order valence-electron chi connectivity index (χ4n) is 3.26. The second-order valence-electron chi connectivity index (χ2n) is 6.39. The van der Waals surface area contributed by atoms with Crippen molar-refractivity contribution in [1.29, 1.82) is 0 Å². The van der Waals surface area contributed by atoms with E-state index in [0.717, 1.165) is 0 Å². The van der Waals surface area contributed by atoms with Gasteiger partial charge in [0.05, 0.1) is 35.5 Å². The van der Waals surface area contributed by atoms with Gasteiger partial charge in [0.2, 0.25) is 0 Å². The molecule has 0 spiro atoms. The number of urea groups is 1. The molecule has 0 atom stereocenters. The summed E-state index contributed by atoms with van der Waals surface area (Å²) < 4.78 is 19.9. The number of anilines is 2. The Hall–Kier alpha value is -2.06. The Bertz CT molecular complexity index is 689. The second kappa shape index (κ2) is 8.09. The highest BCUT2D eigenvalue weighted by molar-refractivity contribution is 6.31. The largest absolute Gasteiger partial charge is 0.481 e. The molecule has 9 heteroatoms. The molecular weight excluding hydrogens is 365 g/mol. The molecule has 2 heterocycles. The summed E-state index contributed by atoms with van der Waals surface area (Å²) in [5, 5.41) is 11.8. The number of amides is 2. The smallest absolute Gasteiger partial charge is 0.321 e. The van der Waals surface area contributed by atoms with Crippen LogP contribution < -0.4 is 10.2 Å². The predicted molar refractivity (Wildman–Crippen MR) is 95.4 cm³/mol. The van der Waals surface area contributed by atoms with Crippen molar-refractivity contribution >= 4 is 35.0 Å². The Morgan fingerprint density at radius 3 is 2.46 bits per heavy atom. The summed E-state index contributed by atoms with van der Waals surface area (Å²) in [7, 11) is 0. The highest BCUT2D eigenvalue weighted by Gasteiger charge is 2.28. The summed E-state index contributed by atoms with van der Waals surface area (Å²) in [4.78, 5) is 26.9. The minimum absolute atomic E-state index is 0.00763. The Balaban J connectivity index is 1.74. The topological polar surface area (TPSA) is 82.1 Å². The number of morpholine rings is 1. The van der Waals surface area contributed by atoms with Crippen LogP contribution in [-0.4, -0.2) is 61.4 Å². The molecule has 2 aliphatic heterocycles. The number of carbonyl (C=O) groups excluding carboxylic acids is 1. The van der Waals surface area contributed by atoms with E-state index in [2.05, 4.69) is 5.32 Å². The maximum atomic E-state index is 14.6. The van der Waals surface area contributed by atoms with Crippen LogP contribution in [0.5, 0.6) is 0 Å². The number of carboxylic acids is 1. The van der Waals surface area contributed by atoms with E-state index in [1.807, 2.05) is 0 Å². The van der Waals surface area contributed by atoms with Crippen LogP contribution in [0, 0.1) is 11.7 Å². The minimum Gasteiger partial charge on any atom is -0.481 e. The van der Waals surface area contributed by atoms with Crippen molar-refractivity contribution in [2.45, 2.75) is 12.8 Å². The van der Waals surface area contributed by atoms with Gasteiger partial charge in [-0.2, -0.15) is 0 Å². The molecule has 0 aromatic heterocycles. The zero-order valence-corrected chi connectivity index (χ0v) is 15.0. The summed E-state index contributed by atoms with van der Waals surface area (Å²) in [6.45, 7) is 2.66. The third kappa shape index (κ3) is 4.02. The van der Waals surface area contributed by atoms with Crippen LogP contribution in [0.2, 0.25) is 5.02 Å². The van der Waals surface area contributed by atoms with Crippen LogP contribution in [0.1, 0.15) is 12.8 Å². The van der Waals surface area contributed by atoms with Gasteiger partial charge in [0, 0.05) is 26.2 Å². The average Bonchev–Trinajstić information content (AvgIpc) is 2.65. The number of halogens is 2. The highest BCUT2D eigenvalue weighted by atomic mass is 35.5. The monoisotopic (exact) mass is 385 g/mol. The molecule has 0 saturated carbocycles. The lowest BCUT2D eigenvalue weighted by Crippen LogP contribution is -2.43. The second-order valence-corrected chi connectivity index (χ2v) is 6.79. The molecule has 7 nitrogen and oxygen atoms in total. The fraction of sp³-hybridized carbons (Fsp3) is 0.529. The number of benzene rings is 1. The number of rotatable bonds is 3. The van der Waals surface area contributed by atoms with E-state index in [0.29, 0.717) is 57.9 Å². The number of hydrogen-bond acceptors (Lipinski definition) is 4. The van der Waals surface area contributed by atoms with Crippen molar-refractivity contribution in [2.24, 2.45) is 5.92 Å². The first kappa shape index (κ1) is 18.7. The zero-order chi connectivity index (χ0) is 18.7. The van der Waals surface area contributed by atoms with E-state index in [4.69, 9.17) is 21.4 Å². The van der Waals surface area contributed by atoms with Crippen LogP contribution in [0.25, 0.3) is 0 Å². The number of carboxylic acid groups (broad SMARTS) is 1. The van der Waals surface area contributed by atoms with Gasteiger partial charge in [-0.05, 0) is 25.0 Å². The van der Waals surface area contributed by atoms with E-state index in [9.17, 15) is 14.0 Å². The van der Waals surface area contributed by atoms with Gasteiger partial charge in [0.15, 0.2) is 5.82 Å². The summed E-state index contributed by atoms with van der Waals surface area (Å²) >= 11 is 5.92. The predicted octanol–water partition coefficient (Wildman–Crippen LogP) is 2.64. The van der Waals surface area contributed by atoms with E-state index in [1.165, 1.54) is 6.07 Å². The van der Waals surface area contributed by atoms with E-state index in [-0.39, 0.29) is 16.7 Å². The van der Waals surface area contributed by atoms with Crippen LogP contribution in [0.15, 0.2) is 12.1 Å². The van der Waals surface area contributed by atoms with E-state index in [1.54, 1.807) is 15.9 Å². The first-order valence-corrected chi connectivity index (χ1v) is 8.94. The number of carbonyl (C=O) groups is 2. The standard InChI is InChI=1S/C17H21ClFN3O4/c18-12-1-2-13(15(14(12)19)21-7-9-26-10-8-21)20-17(25)22-5-3-11(4-6-22)16(23)24/h1-2,11H,3-10H2,(H,20,25)(H,23,24). The molecule has 3 rings (SSSR count). The molecule has 1 aromatic rings. The molecule has 26 heavy (non-hydrogen) atoms. The molecule has 2 fully saturated rings. The Labute approximate surface area is 155 Å². The van der Waals surface area contributed by atoms with Gasteiger partial charge in [-0.25, -0.2) is 9.18 Å². The fourth-order valence-corrected chi connectivity index (χ4v) is 3.41. The van der Waals surface area contributed by atoms with Crippen molar-refractivity contribution < 1.29 is 23.8 Å². The van der Waals surface area contributed by atoms with Gasteiger partial charge >= 0.3 is 12.0 Å². The maximum Gasteiger partial charge on any atom is 0.321 e. The normalized spacial score (nSPS) is 18.7. The van der Waals surface area contributed by atoms with Gasteiger partial charge in [-0.3, -0.25) is 4.79 Å². The van der Waals surface area contributed by atoms with Gasteiger partial charge in [0.1, 0.15) is 0 Å². The first-order chi connectivity index (χ1) is 12.5. The first-order valence-electron chi connectivity index (χ1n) is 8.57. The van der Waals surface area contributed by atoms with Gasteiger partial charge in [-0.1, -0.05) is 11.6 Å². The highest BCUT2D eigenvalue weighted by Crippen LogP contribution is 2.34. The number of piperidine rings is 1. The number of aliphatic carboxylic acids is 1. The van der Waals surface area contributed by atoms with Crippen molar-refractivity contribution in [3.8, 4) is 0 Å². The molecule has 0 bridgehead atoms. The molecular formula is C17H21ClFN3O4. The quantitative estimate of drug-likeness (QED) is 0.835. The van der Waals surface area contributed by atoms with Crippen LogP contribution in [0.3, 0.4) is 0 Å². The average molecular weight is 386 g/mol. The molecule has 0 radical (unpaired) electrons. The summed E-state index contributed by atoms with van der Waals surface area (Å²) in [6, 6.07) is 2.62. The van der Waals surface area contributed by atoms with Crippen molar-refractivity contribution in [1.82, 2.24) is 4.90 Å². The minimum atomic E-state index is -0.834. The molecule has 1 aromatic carbocycles. The summed E-state index contributed by atoms with van der Waals surface area (Å²) in [5.41, 5.74) is 0.605. The SMILES string of the molecule is O=C(O)C1CCN(C(=O)Nc2ccc(Cl)c(F)c2N2CCOCC2)CC1. The summed E-state index contributed by atoms with van der Waals surface area (Å²) in [6.07, 6.45) is 0.822. The van der Waals surface area contributed by atoms with Gasteiger partial charge < -0.3 is 25.0 Å². The van der Waals surface area contributed by atoms with Crippen LogP contribution in [-0.2, 0) is 9.53 Å². The lowest BCUT2D eigenvalue weighted by atomic mass is 9.97. The molecule has 2 N–H and O–H groups in total.